The van der Waals surface area contributed by atoms with Crippen LogP contribution >= 0.6 is 0 Å². The van der Waals surface area contributed by atoms with Crippen LogP contribution in [0, 0.1) is 0 Å². The standard InChI is InChI=1S/C16H13N3O6S2.2Na/c17-13-8-5-10-9-11(26(20,21)22)6-7-12(10)16(13)19-18-14-3-1-2-4-15(14)27(23,24)25;;/h1-9H,17H2,(H,20,21,22)(H,23,24,25);;/q;2*+1/p-2. The van der Waals surface area contributed by atoms with Crippen molar-refractivity contribution in [2.75, 3.05) is 5.73 Å². The molecule has 29 heavy (non-hydrogen) atoms. The molecule has 0 saturated carbocycles. The Balaban J connectivity index is 0.00000210. The van der Waals surface area contributed by atoms with Crippen LogP contribution in [0.5, 0.6) is 0 Å². The van der Waals surface area contributed by atoms with E-state index < -0.39 is 30.0 Å². The van der Waals surface area contributed by atoms with Gasteiger partial charge in [0.15, 0.2) is 0 Å². The minimum atomic E-state index is -4.75. The fourth-order valence-electron chi connectivity index (χ4n) is 2.43. The van der Waals surface area contributed by atoms with Gasteiger partial charge in [0.05, 0.1) is 15.5 Å². The SMILES string of the molecule is Nc1ccc2cc(S(=O)(=O)[O-])ccc2c1N=Nc1ccccc1S(=O)(=O)[O-].[Na+].[Na+]. The van der Waals surface area contributed by atoms with Gasteiger partial charge in [0, 0.05) is 5.39 Å². The minimum absolute atomic E-state index is 0. The summed E-state index contributed by atoms with van der Waals surface area (Å²) in [6, 6.07) is 11.9. The molecule has 2 N–H and O–H groups in total. The molecule has 0 aromatic heterocycles. The average Bonchev–Trinajstić information content (AvgIpc) is 2.59. The van der Waals surface area contributed by atoms with E-state index in [2.05, 4.69) is 10.2 Å². The second-order valence-electron chi connectivity index (χ2n) is 5.46. The fraction of sp³-hybridized carbons (Fsp3) is 0. The van der Waals surface area contributed by atoms with Crippen molar-refractivity contribution < 1.29 is 85.1 Å². The Kier molecular flexibility index (Phi) is 8.99. The molecule has 0 bridgehead atoms. The van der Waals surface area contributed by atoms with Crippen LogP contribution in [0.25, 0.3) is 10.8 Å². The summed E-state index contributed by atoms with van der Waals surface area (Å²) in [6.45, 7) is 0. The molecule has 0 radical (unpaired) electrons. The zero-order chi connectivity index (χ0) is 19.8. The van der Waals surface area contributed by atoms with Crippen LogP contribution in [-0.2, 0) is 20.2 Å². The van der Waals surface area contributed by atoms with Crippen LogP contribution in [0.15, 0.2) is 74.6 Å². The van der Waals surface area contributed by atoms with Crippen LogP contribution in [-0.4, -0.2) is 25.9 Å². The first-order chi connectivity index (χ1) is 12.6. The smallest absolute Gasteiger partial charge is 0.744 e. The molecule has 0 aliphatic heterocycles. The van der Waals surface area contributed by atoms with Gasteiger partial charge >= 0.3 is 59.1 Å². The molecule has 3 aromatic carbocycles. The zero-order valence-electron chi connectivity index (χ0n) is 15.4. The van der Waals surface area contributed by atoms with Gasteiger partial charge in [-0.25, -0.2) is 16.8 Å². The van der Waals surface area contributed by atoms with Gasteiger partial charge in [-0.15, -0.1) is 10.2 Å². The maximum absolute atomic E-state index is 11.3. The minimum Gasteiger partial charge on any atom is -0.744 e. The molecule has 140 valence electrons. The molecule has 0 amide bonds. The van der Waals surface area contributed by atoms with Crippen molar-refractivity contribution in [3.8, 4) is 0 Å². The zero-order valence-corrected chi connectivity index (χ0v) is 21.1. The second-order valence-corrected chi connectivity index (χ2v) is 8.19. The Labute approximate surface area is 211 Å². The van der Waals surface area contributed by atoms with Crippen LogP contribution < -0.4 is 64.8 Å². The summed E-state index contributed by atoms with van der Waals surface area (Å²) in [5.41, 5.74) is 6.05. The molecule has 0 aliphatic carbocycles. The molecule has 0 aliphatic rings. The van der Waals surface area contributed by atoms with E-state index in [0.29, 0.717) is 10.8 Å². The van der Waals surface area contributed by atoms with E-state index in [0.717, 1.165) is 12.1 Å². The molecule has 0 heterocycles. The normalized spacial score (nSPS) is 11.8. The van der Waals surface area contributed by atoms with E-state index >= 15 is 0 Å². The van der Waals surface area contributed by atoms with E-state index in [1.54, 1.807) is 0 Å². The summed E-state index contributed by atoms with van der Waals surface area (Å²) in [5.74, 6) is 0. The van der Waals surface area contributed by atoms with E-state index in [-0.39, 0.29) is 76.2 Å². The summed E-state index contributed by atoms with van der Waals surface area (Å²) in [7, 11) is -9.38. The van der Waals surface area contributed by atoms with E-state index in [4.69, 9.17) is 5.73 Å². The molecule has 0 spiro atoms. The quantitative estimate of drug-likeness (QED) is 0.187. The van der Waals surface area contributed by atoms with Gasteiger partial charge in [-0.3, -0.25) is 0 Å². The topological polar surface area (TPSA) is 165 Å². The van der Waals surface area contributed by atoms with E-state index in [1.165, 1.54) is 42.5 Å². The van der Waals surface area contributed by atoms with Crippen molar-refractivity contribution in [1.29, 1.82) is 0 Å². The average molecular weight is 451 g/mol. The summed E-state index contributed by atoms with van der Waals surface area (Å²) in [6.07, 6.45) is 0. The molecule has 3 aromatic rings. The molecule has 13 heteroatoms. The largest absolute Gasteiger partial charge is 1.00 e. The summed E-state index contributed by atoms with van der Waals surface area (Å²) in [5, 5.41) is 8.52. The number of fused-ring (bicyclic) bond motifs is 1. The van der Waals surface area contributed by atoms with Crippen LogP contribution in [0.1, 0.15) is 0 Å². The Morgan fingerprint density at radius 2 is 1.45 bits per heavy atom. The van der Waals surface area contributed by atoms with E-state index in [9.17, 15) is 25.9 Å². The van der Waals surface area contributed by atoms with Crippen LogP contribution in [0.3, 0.4) is 0 Å². The number of hydrogen-bond acceptors (Lipinski definition) is 9. The predicted molar refractivity (Wildman–Crippen MR) is 94.9 cm³/mol. The first kappa shape index (κ1) is 26.2. The molecular formula is C16H11N3Na2O6S2. The van der Waals surface area contributed by atoms with Gasteiger partial charge in [0.2, 0.25) is 0 Å². The summed E-state index contributed by atoms with van der Waals surface area (Å²) in [4.78, 5) is -0.947. The number of nitrogens with two attached hydrogens (primary N) is 1. The van der Waals surface area contributed by atoms with Gasteiger partial charge in [-0.2, -0.15) is 0 Å². The maximum atomic E-state index is 11.3. The van der Waals surface area contributed by atoms with Crippen molar-refractivity contribution in [2.45, 2.75) is 9.79 Å². The van der Waals surface area contributed by atoms with Crippen LogP contribution in [0.2, 0.25) is 0 Å². The van der Waals surface area contributed by atoms with Crippen molar-refractivity contribution in [3.05, 3.63) is 54.6 Å². The van der Waals surface area contributed by atoms with E-state index in [1.807, 2.05) is 0 Å². The molecule has 0 saturated heterocycles. The Morgan fingerprint density at radius 3 is 2.07 bits per heavy atom. The number of benzene rings is 3. The molecule has 9 nitrogen and oxygen atoms in total. The third kappa shape index (κ3) is 6.07. The predicted octanol–water partition coefficient (Wildman–Crippen LogP) is -3.35. The van der Waals surface area contributed by atoms with Gasteiger partial charge < -0.3 is 14.8 Å². The number of nitrogens with zero attached hydrogens (tertiary/aromatic N) is 2. The van der Waals surface area contributed by atoms with Crippen molar-refractivity contribution >= 4 is 48.1 Å². The summed E-state index contributed by atoms with van der Waals surface area (Å²) < 4.78 is 67.4. The van der Waals surface area contributed by atoms with Gasteiger partial charge in [0.25, 0.3) is 0 Å². The number of rotatable bonds is 4. The Morgan fingerprint density at radius 1 is 0.793 bits per heavy atom. The van der Waals surface area contributed by atoms with Gasteiger partial charge in [-0.1, -0.05) is 24.3 Å². The molecule has 0 atom stereocenters. The molecule has 3 rings (SSSR count). The maximum Gasteiger partial charge on any atom is 1.00 e. The third-order valence-electron chi connectivity index (χ3n) is 3.68. The number of hydrogen-bond donors (Lipinski definition) is 1. The summed E-state index contributed by atoms with van der Waals surface area (Å²) >= 11 is 0. The fourth-order valence-corrected chi connectivity index (χ4v) is 3.55. The first-order valence-electron chi connectivity index (χ1n) is 7.32. The van der Waals surface area contributed by atoms with Crippen LogP contribution in [0.4, 0.5) is 17.1 Å². The Hall–Kier alpha value is -0.860. The Bertz CT molecular complexity index is 1300. The van der Waals surface area contributed by atoms with Crippen molar-refractivity contribution in [3.63, 3.8) is 0 Å². The molecular weight excluding hydrogens is 440 g/mol. The number of azo groups is 1. The van der Waals surface area contributed by atoms with Crippen molar-refractivity contribution in [1.82, 2.24) is 0 Å². The second kappa shape index (κ2) is 9.96. The molecule has 0 unspecified atom stereocenters. The van der Waals surface area contributed by atoms with Gasteiger partial charge in [-0.05, 0) is 35.7 Å². The molecule has 0 fully saturated rings. The number of anilines is 1. The van der Waals surface area contributed by atoms with Crippen molar-refractivity contribution in [2.24, 2.45) is 10.2 Å². The van der Waals surface area contributed by atoms with Gasteiger partial charge in [0.1, 0.15) is 31.6 Å². The monoisotopic (exact) mass is 451 g/mol. The third-order valence-corrected chi connectivity index (χ3v) is 5.39. The number of nitrogen functional groups attached to an aromatic ring is 1. The first-order valence-corrected chi connectivity index (χ1v) is 10.1.